The molecule has 2 aromatic carbocycles. The molecule has 2 aromatic rings. The van der Waals surface area contributed by atoms with Gasteiger partial charge >= 0.3 is 0 Å². The van der Waals surface area contributed by atoms with Crippen molar-refractivity contribution in [3.05, 3.63) is 83.7 Å². The van der Waals surface area contributed by atoms with Crippen molar-refractivity contribution in [1.29, 1.82) is 0 Å². The first-order valence-electron chi connectivity index (χ1n) is 10.3. The van der Waals surface area contributed by atoms with E-state index in [0.29, 0.717) is 12.0 Å². The van der Waals surface area contributed by atoms with Crippen molar-refractivity contribution in [1.82, 2.24) is 9.80 Å². The van der Waals surface area contributed by atoms with Crippen LogP contribution in [0.3, 0.4) is 0 Å². The summed E-state index contributed by atoms with van der Waals surface area (Å²) >= 11 is 0. The lowest BCUT2D eigenvalue weighted by molar-refractivity contribution is -0.0661. The lowest BCUT2D eigenvalue weighted by atomic mass is 9.86. The second-order valence-electron chi connectivity index (χ2n) is 8.14. The Morgan fingerprint density at radius 2 is 1.67 bits per heavy atom. The maximum Gasteiger partial charge on any atom is 0.182 e. The van der Waals surface area contributed by atoms with Gasteiger partial charge < -0.3 is 9.64 Å². The number of rotatable bonds is 4. The van der Waals surface area contributed by atoms with Crippen molar-refractivity contribution in [3.63, 3.8) is 0 Å². The van der Waals surface area contributed by atoms with Crippen LogP contribution in [0.25, 0.3) is 0 Å². The Morgan fingerprint density at radius 3 is 2.41 bits per heavy atom. The lowest BCUT2D eigenvalue weighted by Crippen LogP contribution is -2.52. The highest BCUT2D eigenvalue weighted by Gasteiger charge is 2.37. The van der Waals surface area contributed by atoms with E-state index in [1.54, 1.807) is 0 Å². The van der Waals surface area contributed by atoms with E-state index in [-0.39, 0.29) is 6.04 Å². The number of benzene rings is 2. The van der Waals surface area contributed by atoms with Crippen LogP contribution in [0.5, 0.6) is 0 Å². The number of piperidine rings is 3. The van der Waals surface area contributed by atoms with Gasteiger partial charge in [0, 0.05) is 13.1 Å². The van der Waals surface area contributed by atoms with Crippen molar-refractivity contribution in [2.24, 2.45) is 5.92 Å². The molecule has 0 amide bonds. The average molecular weight is 361 g/mol. The highest BCUT2D eigenvalue weighted by Crippen LogP contribution is 2.39. The average Bonchev–Trinajstić information content (AvgIpc) is 2.74. The van der Waals surface area contributed by atoms with Crippen molar-refractivity contribution in [2.45, 2.75) is 31.4 Å². The van der Waals surface area contributed by atoms with E-state index in [1.807, 2.05) is 0 Å². The molecule has 2 bridgehead atoms. The van der Waals surface area contributed by atoms with Gasteiger partial charge in [0.25, 0.3) is 0 Å². The van der Waals surface area contributed by atoms with Crippen LogP contribution in [0.4, 0.5) is 0 Å². The molecule has 0 N–H and O–H groups in total. The summed E-state index contributed by atoms with van der Waals surface area (Å²) in [5.41, 5.74) is 4.13. The number of hydrogen-bond donors (Lipinski definition) is 0. The van der Waals surface area contributed by atoms with E-state index in [4.69, 9.17) is 4.74 Å². The van der Waals surface area contributed by atoms with Gasteiger partial charge in [0.05, 0.1) is 6.04 Å². The molecule has 0 saturated carbocycles. The predicted molar refractivity (Wildman–Crippen MR) is 108 cm³/mol. The summed E-state index contributed by atoms with van der Waals surface area (Å²) in [4.78, 5) is 4.92. The van der Waals surface area contributed by atoms with Gasteiger partial charge in [0.2, 0.25) is 0 Å². The van der Waals surface area contributed by atoms with Crippen LogP contribution in [0.2, 0.25) is 0 Å². The lowest BCUT2D eigenvalue weighted by Gasteiger charge is -2.46. The highest BCUT2D eigenvalue weighted by atomic mass is 16.5. The highest BCUT2D eigenvalue weighted by molar-refractivity contribution is 5.40. The van der Waals surface area contributed by atoms with Crippen molar-refractivity contribution in [3.8, 4) is 0 Å². The molecule has 0 spiro atoms. The third-order valence-electron chi connectivity index (χ3n) is 6.60. The van der Waals surface area contributed by atoms with Gasteiger partial charge in [0.1, 0.15) is 6.10 Å². The Bertz CT molecular complexity index is 810. The summed E-state index contributed by atoms with van der Waals surface area (Å²) in [6.07, 6.45) is 3.88. The summed E-state index contributed by atoms with van der Waals surface area (Å²) in [7, 11) is 0. The molecule has 0 aromatic heterocycles. The standard InChI is InChI=1S/C24H28N2O/c1-18(27-23-17-25-14-11-20(23)12-15-25)26-16-13-19-7-5-6-10-22(19)24(26)21-8-3-2-4-9-21/h2-10,20,23-24H,1,11-17H2/t23-,24?/m0/s1. The first-order valence-corrected chi connectivity index (χ1v) is 10.3. The predicted octanol–water partition coefficient (Wildman–Crippen LogP) is 4.22. The molecule has 6 rings (SSSR count). The summed E-state index contributed by atoms with van der Waals surface area (Å²) in [5.74, 6) is 1.54. The van der Waals surface area contributed by atoms with Gasteiger partial charge in [-0.25, -0.2) is 0 Å². The second-order valence-corrected chi connectivity index (χ2v) is 8.14. The molecule has 27 heavy (non-hydrogen) atoms. The van der Waals surface area contributed by atoms with E-state index in [2.05, 4.69) is 71.0 Å². The summed E-state index contributed by atoms with van der Waals surface area (Å²) < 4.78 is 6.52. The smallest absolute Gasteiger partial charge is 0.182 e. The Morgan fingerprint density at radius 1 is 0.926 bits per heavy atom. The maximum absolute atomic E-state index is 6.52. The number of nitrogens with zero attached hydrogens (tertiary/aromatic N) is 2. The van der Waals surface area contributed by atoms with E-state index < -0.39 is 0 Å². The molecular weight excluding hydrogens is 332 g/mol. The fourth-order valence-electron chi connectivity index (χ4n) is 5.12. The normalized spacial score (nSPS) is 29.3. The monoisotopic (exact) mass is 360 g/mol. The van der Waals surface area contributed by atoms with Crippen LogP contribution in [-0.4, -0.2) is 42.1 Å². The second kappa shape index (κ2) is 7.05. The van der Waals surface area contributed by atoms with E-state index in [9.17, 15) is 0 Å². The van der Waals surface area contributed by atoms with Crippen LogP contribution in [0, 0.1) is 5.92 Å². The minimum atomic E-state index is 0.185. The molecule has 0 aliphatic carbocycles. The molecule has 3 saturated heterocycles. The molecule has 1 unspecified atom stereocenters. The molecular formula is C24H28N2O. The largest absolute Gasteiger partial charge is 0.475 e. The minimum Gasteiger partial charge on any atom is -0.475 e. The van der Waals surface area contributed by atoms with E-state index in [1.165, 1.54) is 42.6 Å². The molecule has 4 heterocycles. The van der Waals surface area contributed by atoms with Crippen molar-refractivity contribution < 1.29 is 4.74 Å². The fourth-order valence-corrected chi connectivity index (χ4v) is 5.12. The summed E-state index contributed by atoms with van der Waals surface area (Å²) in [5, 5.41) is 0. The van der Waals surface area contributed by atoms with Crippen molar-refractivity contribution in [2.75, 3.05) is 26.2 Å². The van der Waals surface area contributed by atoms with Crippen molar-refractivity contribution >= 4 is 0 Å². The molecule has 3 heteroatoms. The Hall–Kier alpha value is -2.26. The SMILES string of the molecule is C=C(O[C@H]1CN2CCC1CC2)N1CCc2ccccc2C1c1ccccc1. The third-order valence-corrected chi connectivity index (χ3v) is 6.60. The molecule has 140 valence electrons. The molecule has 4 aliphatic heterocycles. The van der Waals surface area contributed by atoms with Crippen LogP contribution in [0.1, 0.15) is 35.6 Å². The number of fused-ring (bicyclic) bond motifs is 4. The van der Waals surface area contributed by atoms with E-state index in [0.717, 1.165) is 25.4 Å². The fraction of sp³-hybridized carbons (Fsp3) is 0.417. The zero-order valence-electron chi connectivity index (χ0n) is 15.9. The van der Waals surface area contributed by atoms with Crippen LogP contribution in [0.15, 0.2) is 67.1 Å². The molecule has 2 atom stereocenters. The topological polar surface area (TPSA) is 15.7 Å². The Labute approximate surface area is 162 Å². The summed E-state index contributed by atoms with van der Waals surface area (Å²) in [6.45, 7) is 8.88. The van der Waals surface area contributed by atoms with E-state index >= 15 is 0 Å². The first kappa shape index (κ1) is 16.9. The third kappa shape index (κ3) is 3.14. The maximum atomic E-state index is 6.52. The van der Waals surface area contributed by atoms with Gasteiger partial charge in [-0.1, -0.05) is 54.6 Å². The zero-order valence-corrected chi connectivity index (χ0v) is 15.9. The van der Waals surface area contributed by atoms with Gasteiger partial charge in [0.15, 0.2) is 5.88 Å². The first-order chi connectivity index (χ1) is 13.3. The van der Waals surface area contributed by atoms with Gasteiger partial charge in [-0.05, 0) is 61.5 Å². The Kier molecular flexibility index (Phi) is 4.41. The molecule has 4 aliphatic rings. The molecule has 3 fully saturated rings. The van der Waals surface area contributed by atoms with Crippen LogP contribution in [-0.2, 0) is 11.2 Å². The Balaban J connectivity index is 1.43. The number of ether oxygens (including phenoxy) is 1. The van der Waals surface area contributed by atoms with Gasteiger partial charge in [-0.15, -0.1) is 0 Å². The van der Waals surface area contributed by atoms with Gasteiger partial charge in [-0.3, -0.25) is 4.90 Å². The molecule has 3 nitrogen and oxygen atoms in total. The quantitative estimate of drug-likeness (QED) is 0.760. The summed E-state index contributed by atoms with van der Waals surface area (Å²) in [6, 6.07) is 19.8. The van der Waals surface area contributed by atoms with Crippen LogP contribution >= 0.6 is 0 Å². The zero-order chi connectivity index (χ0) is 18.2. The number of hydrogen-bond acceptors (Lipinski definition) is 3. The molecule has 0 radical (unpaired) electrons. The minimum absolute atomic E-state index is 0.185. The van der Waals surface area contributed by atoms with Crippen LogP contribution < -0.4 is 0 Å². The van der Waals surface area contributed by atoms with Gasteiger partial charge in [-0.2, -0.15) is 0 Å².